The fourth-order valence-corrected chi connectivity index (χ4v) is 3.68. The molecule has 1 aromatic rings. The zero-order valence-electron chi connectivity index (χ0n) is 12.3. The van der Waals surface area contributed by atoms with Crippen molar-refractivity contribution in [3.63, 3.8) is 0 Å². The first kappa shape index (κ1) is 14.1. The molecule has 0 bridgehead atoms. The van der Waals surface area contributed by atoms with E-state index in [1.54, 1.807) is 4.90 Å². The van der Waals surface area contributed by atoms with Crippen LogP contribution in [0.4, 0.5) is 0 Å². The maximum absolute atomic E-state index is 12.7. The van der Waals surface area contributed by atoms with Crippen molar-refractivity contribution in [1.82, 2.24) is 4.90 Å². The van der Waals surface area contributed by atoms with E-state index in [4.69, 9.17) is 0 Å². The minimum atomic E-state index is -0.971. The van der Waals surface area contributed by atoms with Crippen molar-refractivity contribution >= 4 is 11.9 Å². The fraction of sp³-hybridized carbons (Fsp3) is 0.529. The van der Waals surface area contributed by atoms with Crippen molar-refractivity contribution in [3.05, 3.63) is 35.9 Å². The number of rotatable bonds is 4. The lowest BCUT2D eigenvalue weighted by atomic mass is 9.92. The number of likely N-dealkylation sites (tertiary alicyclic amines) is 1. The van der Waals surface area contributed by atoms with Crippen molar-refractivity contribution in [2.24, 2.45) is 5.92 Å². The molecule has 0 spiro atoms. The maximum Gasteiger partial charge on any atom is 0.329 e. The first-order valence-electron chi connectivity index (χ1n) is 7.70. The van der Waals surface area contributed by atoms with Gasteiger partial charge >= 0.3 is 5.97 Å². The third kappa shape index (κ3) is 2.23. The van der Waals surface area contributed by atoms with E-state index in [2.05, 4.69) is 0 Å². The molecule has 0 radical (unpaired) electrons. The van der Waals surface area contributed by atoms with E-state index in [1.807, 2.05) is 37.3 Å². The standard InChI is InChI=1S/C17H21NO3/c1-2-17(16(20)21)9-6-10-18(17)15(19)14-11-13(14)12-7-4-3-5-8-12/h3-5,7-8,13-14H,2,6,9-11H2,1H3,(H,20,21). The topological polar surface area (TPSA) is 57.6 Å². The van der Waals surface area contributed by atoms with Gasteiger partial charge in [-0.15, -0.1) is 0 Å². The van der Waals surface area contributed by atoms with Crippen LogP contribution in [0.2, 0.25) is 0 Å². The normalized spacial score (nSPS) is 31.2. The number of benzene rings is 1. The summed E-state index contributed by atoms with van der Waals surface area (Å²) in [5.74, 6) is -0.586. The van der Waals surface area contributed by atoms with Gasteiger partial charge in [0, 0.05) is 12.5 Å². The van der Waals surface area contributed by atoms with Crippen molar-refractivity contribution in [1.29, 1.82) is 0 Å². The Labute approximate surface area is 124 Å². The number of carbonyl (C=O) groups is 2. The third-order valence-corrected chi connectivity index (χ3v) is 5.07. The third-order valence-electron chi connectivity index (χ3n) is 5.07. The van der Waals surface area contributed by atoms with Gasteiger partial charge in [0.05, 0.1) is 0 Å². The summed E-state index contributed by atoms with van der Waals surface area (Å²) in [6.07, 6.45) is 2.69. The molecule has 3 unspecified atom stereocenters. The minimum absolute atomic E-state index is 0.0317. The van der Waals surface area contributed by atoms with Crippen LogP contribution in [-0.4, -0.2) is 34.0 Å². The van der Waals surface area contributed by atoms with Gasteiger partial charge in [-0.1, -0.05) is 37.3 Å². The molecular formula is C17H21NO3. The summed E-state index contributed by atoms with van der Waals surface area (Å²) < 4.78 is 0. The van der Waals surface area contributed by atoms with Gasteiger partial charge in [-0.05, 0) is 37.2 Å². The van der Waals surface area contributed by atoms with Gasteiger partial charge in [-0.3, -0.25) is 4.79 Å². The lowest BCUT2D eigenvalue weighted by molar-refractivity contribution is -0.157. The quantitative estimate of drug-likeness (QED) is 0.926. The van der Waals surface area contributed by atoms with Crippen LogP contribution in [0.25, 0.3) is 0 Å². The van der Waals surface area contributed by atoms with Gasteiger partial charge < -0.3 is 10.0 Å². The smallest absolute Gasteiger partial charge is 0.329 e. The van der Waals surface area contributed by atoms with Crippen LogP contribution in [0.15, 0.2) is 30.3 Å². The highest BCUT2D eigenvalue weighted by atomic mass is 16.4. The van der Waals surface area contributed by atoms with E-state index in [9.17, 15) is 14.7 Å². The van der Waals surface area contributed by atoms with Crippen LogP contribution in [-0.2, 0) is 9.59 Å². The van der Waals surface area contributed by atoms with Crippen LogP contribution < -0.4 is 0 Å². The van der Waals surface area contributed by atoms with Gasteiger partial charge in [-0.25, -0.2) is 4.79 Å². The number of amides is 1. The summed E-state index contributed by atoms with van der Waals surface area (Å²) in [4.78, 5) is 26.0. The Morgan fingerprint density at radius 3 is 2.67 bits per heavy atom. The number of carboxylic acid groups (broad SMARTS) is 1. The molecule has 4 heteroatoms. The average Bonchev–Trinajstić information content (AvgIpc) is 3.18. The summed E-state index contributed by atoms with van der Waals surface area (Å²) in [6.45, 7) is 2.44. The minimum Gasteiger partial charge on any atom is -0.479 e. The maximum atomic E-state index is 12.7. The fourth-order valence-electron chi connectivity index (χ4n) is 3.68. The van der Waals surface area contributed by atoms with Gasteiger partial charge in [-0.2, -0.15) is 0 Å². The summed E-state index contributed by atoms with van der Waals surface area (Å²) in [6, 6.07) is 10.0. The average molecular weight is 287 g/mol. The van der Waals surface area contributed by atoms with E-state index in [-0.39, 0.29) is 17.7 Å². The molecule has 1 saturated carbocycles. The summed E-state index contributed by atoms with van der Waals surface area (Å²) in [5, 5.41) is 9.57. The molecule has 1 aromatic carbocycles. The van der Waals surface area contributed by atoms with E-state index < -0.39 is 11.5 Å². The Morgan fingerprint density at radius 1 is 1.33 bits per heavy atom. The molecule has 1 heterocycles. The van der Waals surface area contributed by atoms with Crippen molar-refractivity contribution < 1.29 is 14.7 Å². The van der Waals surface area contributed by atoms with Crippen LogP contribution in [0.1, 0.15) is 44.1 Å². The number of hydrogen-bond acceptors (Lipinski definition) is 2. The van der Waals surface area contributed by atoms with Crippen LogP contribution in [0, 0.1) is 5.92 Å². The lowest BCUT2D eigenvalue weighted by Gasteiger charge is -2.34. The molecular weight excluding hydrogens is 266 g/mol. The van der Waals surface area contributed by atoms with E-state index in [0.29, 0.717) is 19.4 Å². The second kappa shape index (κ2) is 5.17. The molecule has 0 aromatic heterocycles. The Kier molecular flexibility index (Phi) is 3.47. The molecule has 1 saturated heterocycles. The first-order chi connectivity index (χ1) is 10.1. The predicted octanol–water partition coefficient (Wildman–Crippen LogP) is 2.65. The van der Waals surface area contributed by atoms with Crippen LogP contribution in [0.5, 0.6) is 0 Å². The number of carboxylic acids is 1. The highest BCUT2D eigenvalue weighted by molar-refractivity contribution is 5.90. The molecule has 1 aliphatic carbocycles. The Bertz CT molecular complexity index is 556. The Hall–Kier alpha value is -1.84. The number of aliphatic carboxylic acids is 1. The SMILES string of the molecule is CCC1(C(=O)O)CCCN1C(=O)C1CC1c1ccccc1. The molecule has 2 fully saturated rings. The lowest BCUT2D eigenvalue weighted by Crippen LogP contribution is -2.53. The van der Waals surface area contributed by atoms with Gasteiger partial charge in [0.2, 0.25) is 5.91 Å². The summed E-state index contributed by atoms with van der Waals surface area (Å²) in [5.41, 5.74) is 0.216. The van der Waals surface area contributed by atoms with Crippen molar-refractivity contribution in [2.75, 3.05) is 6.54 Å². The van der Waals surface area contributed by atoms with Crippen LogP contribution in [0.3, 0.4) is 0 Å². The van der Waals surface area contributed by atoms with E-state index in [0.717, 1.165) is 12.8 Å². The second-order valence-corrected chi connectivity index (χ2v) is 6.14. The van der Waals surface area contributed by atoms with Gasteiger partial charge in [0.15, 0.2) is 0 Å². The molecule has 1 amide bonds. The second-order valence-electron chi connectivity index (χ2n) is 6.14. The molecule has 3 atom stereocenters. The van der Waals surface area contributed by atoms with Crippen molar-refractivity contribution in [2.45, 2.75) is 44.1 Å². The monoisotopic (exact) mass is 287 g/mol. The number of nitrogens with zero attached hydrogens (tertiary/aromatic N) is 1. The molecule has 2 aliphatic rings. The van der Waals surface area contributed by atoms with Gasteiger partial charge in [0.1, 0.15) is 5.54 Å². The molecule has 1 aliphatic heterocycles. The predicted molar refractivity (Wildman–Crippen MR) is 78.9 cm³/mol. The summed E-state index contributed by atoms with van der Waals surface area (Å²) in [7, 11) is 0. The Morgan fingerprint density at radius 2 is 2.05 bits per heavy atom. The summed E-state index contributed by atoms with van der Waals surface area (Å²) >= 11 is 0. The molecule has 21 heavy (non-hydrogen) atoms. The number of carbonyl (C=O) groups excluding carboxylic acids is 1. The highest BCUT2D eigenvalue weighted by Crippen LogP contribution is 2.50. The zero-order chi connectivity index (χ0) is 15.0. The molecule has 1 N–H and O–H groups in total. The van der Waals surface area contributed by atoms with Gasteiger partial charge in [0.25, 0.3) is 0 Å². The first-order valence-corrected chi connectivity index (χ1v) is 7.70. The van der Waals surface area contributed by atoms with E-state index in [1.165, 1.54) is 5.56 Å². The molecule has 3 rings (SSSR count). The van der Waals surface area contributed by atoms with Crippen LogP contribution >= 0.6 is 0 Å². The molecule has 112 valence electrons. The molecule has 4 nitrogen and oxygen atoms in total. The highest BCUT2D eigenvalue weighted by Gasteiger charge is 2.54. The van der Waals surface area contributed by atoms with E-state index >= 15 is 0 Å². The largest absolute Gasteiger partial charge is 0.479 e. The zero-order valence-corrected chi connectivity index (χ0v) is 12.3. The van der Waals surface area contributed by atoms with Crippen molar-refractivity contribution in [3.8, 4) is 0 Å². The Balaban J connectivity index is 1.76. The number of hydrogen-bond donors (Lipinski definition) is 1.